The maximum absolute atomic E-state index is 13.5. The van der Waals surface area contributed by atoms with Gasteiger partial charge in [0.25, 0.3) is 0 Å². The lowest BCUT2D eigenvalue weighted by atomic mass is 9.94. The summed E-state index contributed by atoms with van der Waals surface area (Å²) in [5.74, 6) is -1.55. The minimum atomic E-state index is -0.895. The zero-order chi connectivity index (χ0) is 33.9. The molecule has 0 bridgehead atoms. The van der Waals surface area contributed by atoms with Crippen LogP contribution < -0.4 is 21.5 Å². The van der Waals surface area contributed by atoms with Gasteiger partial charge in [-0.25, -0.2) is 9.36 Å². The summed E-state index contributed by atoms with van der Waals surface area (Å²) in [5.41, 5.74) is 7.69. The summed E-state index contributed by atoms with van der Waals surface area (Å²) in [4.78, 5) is 64.1. The van der Waals surface area contributed by atoms with Gasteiger partial charge in [0, 0.05) is 12.6 Å². The summed E-state index contributed by atoms with van der Waals surface area (Å²) in [6.07, 6.45) is 8.05. The van der Waals surface area contributed by atoms with Gasteiger partial charge in [0.1, 0.15) is 5.52 Å². The van der Waals surface area contributed by atoms with Crippen molar-refractivity contribution in [3.63, 3.8) is 0 Å². The molecule has 1 amide bonds. The van der Waals surface area contributed by atoms with Gasteiger partial charge in [-0.2, -0.15) is 9.97 Å². The van der Waals surface area contributed by atoms with Gasteiger partial charge in [0.15, 0.2) is 11.5 Å². The maximum atomic E-state index is 13.5. The van der Waals surface area contributed by atoms with E-state index < -0.39 is 23.7 Å². The first-order valence-electron chi connectivity index (χ1n) is 16.5. The summed E-state index contributed by atoms with van der Waals surface area (Å²) >= 11 is 0. The third-order valence-corrected chi connectivity index (χ3v) is 8.55. The summed E-state index contributed by atoms with van der Waals surface area (Å²) in [6, 6.07) is 5.12. The molecule has 0 spiro atoms. The normalized spacial score (nSPS) is 14.3. The van der Waals surface area contributed by atoms with E-state index in [-0.39, 0.29) is 54.3 Å². The number of benzene rings is 1. The third-order valence-electron chi connectivity index (χ3n) is 8.55. The number of nitrogens with two attached hydrogens (primary N) is 1. The number of methoxy groups -OCH3 is 1. The fourth-order valence-electron chi connectivity index (χ4n) is 6.08. The number of fused-ring (bicyclic) bond motifs is 1. The van der Waals surface area contributed by atoms with E-state index in [0.29, 0.717) is 30.8 Å². The van der Waals surface area contributed by atoms with Crippen molar-refractivity contribution in [3.8, 4) is 11.7 Å². The number of nitrogens with one attached hydrogen (secondary N) is 2. The van der Waals surface area contributed by atoms with Crippen LogP contribution in [0.4, 0.5) is 5.82 Å². The molecule has 1 unspecified atom stereocenters. The van der Waals surface area contributed by atoms with E-state index in [4.69, 9.17) is 15.2 Å². The first kappa shape index (κ1) is 35.4. The van der Waals surface area contributed by atoms with Crippen molar-refractivity contribution in [1.29, 1.82) is 0 Å². The topological polar surface area (TPSA) is 195 Å². The molecule has 14 heteroatoms. The van der Waals surface area contributed by atoms with Crippen molar-refractivity contribution in [3.05, 3.63) is 39.8 Å². The lowest BCUT2D eigenvalue weighted by molar-refractivity contribution is -0.140. The van der Waals surface area contributed by atoms with E-state index in [0.717, 1.165) is 56.9 Å². The van der Waals surface area contributed by atoms with Crippen LogP contribution >= 0.6 is 0 Å². The first-order valence-corrected chi connectivity index (χ1v) is 16.5. The number of carboxylic acids is 1. The summed E-state index contributed by atoms with van der Waals surface area (Å²) in [6.45, 7) is 4.81. The number of nitrogens with zero attached hydrogens (tertiary/aromatic N) is 4. The highest BCUT2D eigenvalue weighted by Crippen LogP contribution is 2.28. The molecule has 1 atom stereocenters. The molecule has 5 N–H and O–H groups in total. The number of H-pyrrole nitrogens is 1. The monoisotopic (exact) mass is 653 g/mol. The Bertz CT molecular complexity index is 1600. The van der Waals surface area contributed by atoms with Crippen LogP contribution in [0, 0.1) is 0 Å². The number of aromatic amines is 1. The Balaban J connectivity index is 1.70. The fraction of sp³-hybridized carbons (Fsp3) is 0.576. The lowest BCUT2D eigenvalue weighted by Crippen LogP contribution is -2.45. The van der Waals surface area contributed by atoms with Crippen molar-refractivity contribution < 1.29 is 29.0 Å². The summed E-state index contributed by atoms with van der Waals surface area (Å²) in [7, 11) is 1.29. The molecular formula is C33H47N7O7. The summed E-state index contributed by atoms with van der Waals surface area (Å²) in [5, 5.41) is 12.5. The number of hydrogen-bond donors (Lipinski definition) is 4. The van der Waals surface area contributed by atoms with Gasteiger partial charge in [-0.3, -0.25) is 19.3 Å². The molecule has 47 heavy (non-hydrogen) atoms. The highest BCUT2D eigenvalue weighted by molar-refractivity contribution is 5.84. The number of ether oxygens (including phenoxy) is 2. The zero-order valence-corrected chi connectivity index (χ0v) is 27.5. The van der Waals surface area contributed by atoms with Crippen LogP contribution in [0.15, 0.2) is 23.0 Å². The van der Waals surface area contributed by atoms with E-state index in [1.165, 1.54) is 11.7 Å². The number of carboxylic acid groups (broad SMARTS) is 1. The van der Waals surface area contributed by atoms with Crippen molar-refractivity contribution >= 4 is 34.8 Å². The number of amides is 1. The number of imidazole rings is 1. The maximum Gasteiger partial charge on any atom is 0.332 e. The molecule has 1 fully saturated rings. The number of nitrogen functional groups attached to an aromatic ring is 1. The van der Waals surface area contributed by atoms with Gasteiger partial charge in [-0.05, 0) is 42.9 Å². The number of anilines is 1. The Hall–Kier alpha value is -4.46. The number of carbonyl (C=O) groups is 3. The number of rotatable bonds is 17. The van der Waals surface area contributed by atoms with Gasteiger partial charge in [-0.1, -0.05) is 58.1 Å². The van der Waals surface area contributed by atoms with Crippen LogP contribution in [0.25, 0.3) is 16.9 Å². The van der Waals surface area contributed by atoms with Crippen LogP contribution in [-0.2, 0) is 25.5 Å². The van der Waals surface area contributed by atoms with Crippen molar-refractivity contribution in [2.75, 3.05) is 32.5 Å². The molecule has 2 heterocycles. The second-order valence-corrected chi connectivity index (χ2v) is 12.0. The molecule has 0 saturated heterocycles. The predicted octanol–water partition coefficient (Wildman–Crippen LogP) is 3.65. The third kappa shape index (κ3) is 9.31. The van der Waals surface area contributed by atoms with Crippen LogP contribution in [0.1, 0.15) is 95.2 Å². The van der Waals surface area contributed by atoms with Gasteiger partial charge in [0.2, 0.25) is 5.91 Å². The minimum absolute atomic E-state index is 0.0309. The molecule has 256 valence electrons. The van der Waals surface area contributed by atoms with E-state index in [1.54, 1.807) is 12.1 Å². The Morgan fingerprint density at radius 1 is 1.17 bits per heavy atom. The first-order chi connectivity index (χ1) is 22.6. The van der Waals surface area contributed by atoms with E-state index in [2.05, 4.69) is 20.3 Å². The van der Waals surface area contributed by atoms with Crippen LogP contribution in [-0.4, -0.2) is 80.2 Å². The number of esters is 1. The number of hydrogen-bond acceptors (Lipinski definition) is 10. The van der Waals surface area contributed by atoms with Gasteiger partial charge in [0.05, 0.1) is 44.8 Å². The average Bonchev–Trinajstić information content (AvgIpc) is 3.39. The van der Waals surface area contributed by atoms with Gasteiger partial charge >= 0.3 is 23.6 Å². The Morgan fingerprint density at radius 3 is 2.62 bits per heavy atom. The largest absolute Gasteiger partial charge is 0.481 e. The van der Waals surface area contributed by atoms with Crippen LogP contribution in [0.5, 0.6) is 6.01 Å². The lowest BCUT2D eigenvalue weighted by Gasteiger charge is -2.34. The van der Waals surface area contributed by atoms with Crippen molar-refractivity contribution in [1.82, 2.24) is 29.7 Å². The number of aromatic nitrogens is 4. The molecule has 2 aromatic heterocycles. The second-order valence-electron chi connectivity index (χ2n) is 12.0. The molecule has 4 rings (SSSR count). The molecule has 1 saturated carbocycles. The molecule has 1 aliphatic carbocycles. The highest BCUT2D eigenvalue weighted by atomic mass is 16.5. The Kier molecular flexibility index (Phi) is 12.7. The predicted molar refractivity (Wildman–Crippen MR) is 177 cm³/mol. The van der Waals surface area contributed by atoms with E-state index in [1.807, 2.05) is 24.8 Å². The highest BCUT2D eigenvalue weighted by Gasteiger charge is 2.26. The number of unbranched alkanes of at least 4 members (excludes halogenated alkanes) is 1. The standard InChI is InChI=1S/C33H47N7O7/c1-4-6-17-47-32-37-30(34)29-31(38-32)40(33(45)36-29)25-18-21(13-14-22(25)19-28(44)46-3)24(10-5-2)35-26(41)20-39(16-15-27(42)43)23-11-8-7-9-12-23/h13-14,18,23-24H,4-12,15-17,19-20H2,1-3H3,(H,35,41)(H,36,45)(H,42,43)(H2,34,37,38). The minimum Gasteiger partial charge on any atom is -0.481 e. The van der Waals surface area contributed by atoms with Crippen LogP contribution in [0.2, 0.25) is 0 Å². The van der Waals surface area contributed by atoms with Crippen molar-refractivity contribution in [2.24, 2.45) is 0 Å². The Labute approximate surface area is 274 Å². The Morgan fingerprint density at radius 2 is 1.94 bits per heavy atom. The number of aliphatic carboxylic acids is 1. The molecule has 1 aromatic carbocycles. The molecule has 14 nitrogen and oxygen atoms in total. The van der Waals surface area contributed by atoms with Crippen LogP contribution in [0.3, 0.4) is 0 Å². The van der Waals surface area contributed by atoms with Gasteiger partial charge < -0.3 is 30.6 Å². The SMILES string of the molecule is CCCCOc1nc(N)c2[nH]c(=O)n(-c3cc(C(CCC)NC(=O)CN(CCC(=O)O)C4CCCCC4)ccc3CC(=O)OC)c2n1. The van der Waals surface area contributed by atoms with E-state index >= 15 is 0 Å². The fourth-order valence-corrected chi connectivity index (χ4v) is 6.08. The molecule has 3 aromatic rings. The quantitative estimate of drug-likeness (QED) is 0.123. The van der Waals surface area contributed by atoms with Gasteiger partial charge in [-0.15, -0.1) is 0 Å². The molecule has 0 radical (unpaired) electrons. The number of carbonyl (C=O) groups excluding carboxylic acids is 2. The van der Waals surface area contributed by atoms with E-state index in [9.17, 15) is 24.3 Å². The molecule has 0 aliphatic heterocycles. The zero-order valence-electron chi connectivity index (χ0n) is 27.5. The smallest absolute Gasteiger partial charge is 0.332 e. The molecular weight excluding hydrogens is 606 g/mol. The average molecular weight is 654 g/mol. The second kappa shape index (κ2) is 16.9. The summed E-state index contributed by atoms with van der Waals surface area (Å²) < 4.78 is 12.0. The molecule has 1 aliphatic rings. The van der Waals surface area contributed by atoms with Crippen molar-refractivity contribution in [2.45, 2.75) is 96.6 Å².